The summed E-state index contributed by atoms with van der Waals surface area (Å²) in [6.45, 7) is 0.411. The van der Waals surface area contributed by atoms with Crippen LogP contribution in [0.2, 0.25) is 5.02 Å². The van der Waals surface area contributed by atoms with E-state index in [1.165, 1.54) is 0 Å². The summed E-state index contributed by atoms with van der Waals surface area (Å²) >= 11 is 6.01. The molecule has 2 aromatic heterocycles. The lowest BCUT2D eigenvalue weighted by molar-refractivity contribution is 0.0943. The first-order chi connectivity index (χ1) is 13.6. The highest BCUT2D eigenvalue weighted by molar-refractivity contribution is 6.30. The molecule has 5 nitrogen and oxygen atoms in total. The zero-order valence-corrected chi connectivity index (χ0v) is 16.1. The standard InChI is InChI=1S/C22H19ClN4O/c1-27-20(22(28)25-12-15-6-5-7-16(23)10-15)11-18-19(13-24-14-21(18)27)26-17-8-3-2-4-9-17/h2-11,13-14,26H,12H2,1H3,(H,25,28). The van der Waals surface area contributed by atoms with Crippen LogP contribution in [0.25, 0.3) is 10.9 Å². The van der Waals surface area contributed by atoms with Crippen molar-refractivity contribution in [2.45, 2.75) is 6.54 Å². The maximum atomic E-state index is 12.8. The normalized spacial score (nSPS) is 10.8. The molecule has 4 rings (SSSR count). The van der Waals surface area contributed by atoms with Gasteiger partial charge in [0.25, 0.3) is 5.91 Å². The van der Waals surface area contributed by atoms with E-state index in [1.54, 1.807) is 12.4 Å². The molecule has 2 N–H and O–H groups in total. The molecule has 0 fully saturated rings. The van der Waals surface area contributed by atoms with Crippen LogP contribution in [-0.2, 0) is 13.6 Å². The van der Waals surface area contributed by atoms with Gasteiger partial charge in [-0.3, -0.25) is 9.78 Å². The highest BCUT2D eigenvalue weighted by atomic mass is 35.5. The van der Waals surface area contributed by atoms with Crippen molar-refractivity contribution in [3.8, 4) is 0 Å². The highest BCUT2D eigenvalue weighted by Gasteiger charge is 2.15. The SMILES string of the molecule is Cn1c(C(=O)NCc2cccc(Cl)c2)cc2c(Nc3ccccc3)cncc21. The molecule has 28 heavy (non-hydrogen) atoms. The summed E-state index contributed by atoms with van der Waals surface area (Å²) in [4.78, 5) is 17.1. The van der Waals surface area contributed by atoms with E-state index in [0.29, 0.717) is 17.3 Å². The first kappa shape index (κ1) is 18.1. The number of nitrogens with one attached hydrogen (secondary N) is 2. The zero-order valence-electron chi connectivity index (χ0n) is 15.3. The Labute approximate surface area is 168 Å². The molecule has 0 aliphatic rings. The van der Waals surface area contributed by atoms with Crippen molar-refractivity contribution >= 4 is 39.8 Å². The van der Waals surface area contributed by atoms with Crippen LogP contribution >= 0.6 is 11.6 Å². The minimum Gasteiger partial charge on any atom is -0.354 e. The maximum Gasteiger partial charge on any atom is 0.268 e. The van der Waals surface area contributed by atoms with Gasteiger partial charge >= 0.3 is 0 Å². The van der Waals surface area contributed by atoms with Crippen LogP contribution in [0.5, 0.6) is 0 Å². The van der Waals surface area contributed by atoms with E-state index in [-0.39, 0.29) is 5.91 Å². The number of hydrogen-bond acceptors (Lipinski definition) is 3. The first-order valence-electron chi connectivity index (χ1n) is 8.90. The molecule has 2 aromatic carbocycles. The highest BCUT2D eigenvalue weighted by Crippen LogP contribution is 2.28. The second kappa shape index (κ2) is 7.74. The molecule has 0 spiro atoms. The van der Waals surface area contributed by atoms with Gasteiger partial charge in [-0.2, -0.15) is 0 Å². The Morgan fingerprint density at radius 3 is 2.68 bits per heavy atom. The minimum atomic E-state index is -0.149. The van der Waals surface area contributed by atoms with E-state index in [4.69, 9.17) is 11.6 Å². The van der Waals surface area contributed by atoms with Crippen LogP contribution in [0.3, 0.4) is 0 Å². The number of carbonyl (C=O) groups excluding carboxylic acids is 1. The topological polar surface area (TPSA) is 59.0 Å². The Morgan fingerprint density at radius 1 is 1.07 bits per heavy atom. The Morgan fingerprint density at radius 2 is 1.89 bits per heavy atom. The third-order valence-electron chi connectivity index (χ3n) is 4.60. The molecular weight excluding hydrogens is 372 g/mol. The lowest BCUT2D eigenvalue weighted by atomic mass is 10.2. The van der Waals surface area contributed by atoms with Crippen LogP contribution in [-0.4, -0.2) is 15.5 Å². The number of halogens is 1. The molecule has 6 heteroatoms. The van der Waals surface area contributed by atoms with Crippen molar-refractivity contribution in [3.63, 3.8) is 0 Å². The van der Waals surface area contributed by atoms with Gasteiger partial charge in [-0.15, -0.1) is 0 Å². The number of carbonyl (C=O) groups is 1. The molecule has 0 saturated carbocycles. The van der Waals surface area contributed by atoms with Gasteiger partial charge in [0.05, 0.1) is 23.6 Å². The molecule has 2 heterocycles. The van der Waals surface area contributed by atoms with E-state index >= 15 is 0 Å². The fraction of sp³-hybridized carbons (Fsp3) is 0.0909. The fourth-order valence-corrected chi connectivity index (χ4v) is 3.37. The lowest BCUT2D eigenvalue weighted by Crippen LogP contribution is -2.24. The van der Waals surface area contributed by atoms with E-state index in [9.17, 15) is 4.79 Å². The smallest absolute Gasteiger partial charge is 0.268 e. The van der Waals surface area contributed by atoms with Crippen LogP contribution in [0.1, 0.15) is 16.1 Å². The molecule has 0 radical (unpaired) electrons. The van der Waals surface area contributed by atoms with E-state index < -0.39 is 0 Å². The summed E-state index contributed by atoms with van der Waals surface area (Å²) in [5.41, 5.74) is 4.23. The van der Waals surface area contributed by atoms with Gasteiger partial charge in [0.15, 0.2) is 0 Å². The molecular formula is C22H19ClN4O. The molecule has 0 saturated heterocycles. The van der Waals surface area contributed by atoms with Crippen molar-refractivity contribution in [1.29, 1.82) is 0 Å². The second-order valence-electron chi connectivity index (χ2n) is 6.51. The van der Waals surface area contributed by atoms with Crippen molar-refractivity contribution in [2.24, 2.45) is 7.05 Å². The Hall–Kier alpha value is -3.31. The number of aryl methyl sites for hydroxylation is 1. The number of nitrogens with zero attached hydrogens (tertiary/aromatic N) is 2. The molecule has 0 aliphatic carbocycles. The summed E-state index contributed by atoms with van der Waals surface area (Å²) < 4.78 is 1.85. The van der Waals surface area contributed by atoms with Crippen molar-refractivity contribution in [3.05, 3.63) is 89.3 Å². The molecule has 140 valence electrons. The average molecular weight is 391 g/mol. The third-order valence-corrected chi connectivity index (χ3v) is 4.83. The number of hydrogen-bond donors (Lipinski definition) is 2. The Balaban J connectivity index is 1.60. The number of fused-ring (bicyclic) bond motifs is 1. The van der Waals surface area contributed by atoms with E-state index in [1.807, 2.05) is 72.3 Å². The molecule has 4 aromatic rings. The Bertz CT molecular complexity index is 1140. The number of amides is 1. The van der Waals surface area contributed by atoms with Gasteiger partial charge in [0.2, 0.25) is 0 Å². The predicted molar refractivity (Wildman–Crippen MR) is 113 cm³/mol. The number of anilines is 2. The number of rotatable bonds is 5. The number of benzene rings is 2. The van der Waals surface area contributed by atoms with Gasteiger partial charge in [-0.1, -0.05) is 41.9 Å². The predicted octanol–water partition coefficient (Wildman–Crippen LogP) is 4.90. The average Bonchev–Trinajstić information content (AvgIpc) is 3.05. The van der Waals surface area contributed by atoms with Gasteiger partial charge in [-0.05, 0) is 35.9 Å². The third kappa shape index (κ3) is 3.70. The molecule has 0 bridgehead atoms. The van der Waals surface area contributed by atoms with Crippen LogP contribution in [0.4, 0.5) is 11.4 Å². The minimum absolute atomic E-state index is 0.149. The summed E-state index contributed by atoms with van der Waals surface area (Å²) in [6.07, 6.45) is 3.53. The van der Waals surface area contributed by atoms with E-state index in [0.717, 1.165) is 27.8 Å². The second-order valence-corrected chi connectivity index (χ2v) is 6.95. The summed E-state index contributed by atoms with van der Waals surface area (Å²) in [6, 6.07) is 19.2. The molecule has 1 amide bonds. The lowest BCUT2D eigenvalue weighted by Gasteiger charge is -2.08. The maximum absolute atomic E-state index is 12.8. The molecule has 0 aliphatic heterocycles. The summed E-state index contributed by atoms with van der Waals surface area (Å²) in [7, 11) is 1.87. The Kier molecular flexibility index (Phi) is 5.00. The first-order valence-corrected chi connectivity index (χ1v) is 9.28. The fourth-order valence-electron chi connectivity index (χ4n) is 3.16. The van der Waals surface area contributed by atoms with Gasteiger partial charge in [0.1, 0.15) is 5.69 Å². The van der Waals surface area contributed by atoms with E-state index in [2.05, 4.69) is 15.6 Å². The van der Waals surface area contributed by atoms with Crippen LogP contribution in [0.15, 0.2) is 73.1 Å². The van der Waals surface area contributed by atoms with Crippen LogP contribution < -0.4 is 10.6 Å². The quantitative estimate of drug-likeness (QED) is 0.509. The van der Waals surface area contributed by atoms with Crippen molar-refractivity contribution in [2.75, 3.05) is 5.32 Å². The summed E-state index contributed by atoms with van der Waals surface area (Å²) in [5.74, 6) is -0.149. The van der Waals surface area contributed by atoms with Gasteiger partial charge in [-0.25, -0.2) is 0 Å². The summed E-state index contributed by atoms with van der Waals surface area (Å²) in [5, 5.41) is 7.91. The monoisotopic (exact) mass is 390 g/mol. The molecule has 0 unspecified atom stereocenters. The number of pyridine rings is 1. The number of aromatic nitrogens is 2. The zero-order chi connectivity index (χ0) is 19.5. The molecule has 0 atom stereocenters. The van der Waals surface area contributed by atoms with Crippen molar-refractivity contribution < 1.29 is 4.79 Å². The van der Waals surface area contributed by atoms with Crippen LogP contribution in [0, 0.1) is 0 Å². The van der Waals surface area contributed by atoms with Crippen molar-refractivity contribution in [1.82, 2.24) is 14.9 Å². The van der Waals surface area contributed by atoms with Gasteiger partial charge < -0.3 is 15.2 Å². The van der Waals surface area contributed by atoms with Gasteiger partial charge in [0, 0.05) is 29.7 Å². The number of para-hydroxylation sites is 1. The largest absolute Gasteiger partial charge is 0.354 e.